The molecule has 1 fully saturated rings. The molecule has 1 N–H and O–H groups in total. The summed E-state index contributed by atoms with van der Waals surface area (Å²) in [7, 11) is 0. The van der Waals surface area contributed by atoms with E-state index in [1.807, 2.05) is 0 Å². The van der Waals surface area contributed by atoms with E-state index in [9.17, 15) is 4.79 Å². The SMILES string of the molecule is CC(=O)NC1CCN(c2cc(-c3ccc(C)c(C)c3)ncn2)CC1. The maximum atomic E-state index is 11.2. The fourth-order valence-electron chi connectivity index (χ4n) is 3.12. The predicted molar refractivity (Wildman–Crippen MR) is 96.0 cm³/mol. The molecule has 0 spiro atoms. The highest BCUT2D eigenvalue weighted by atomic mass is 16.1. The summed E-state index contributed by atoms with van der Waals surface area (Å²) in [5, 5.41) is 3.00. The van der Waals surface area contributed by atoms with Crippen LogP contribution in [0.4, 0.5) is 5.82 Å². The monoisotopic (exact) mass is 324 g/mol. The number of anilines is 1. The summed E-state index contributed by atoms with van der Waals surface area (Å²) in [6.45, 7) is 7.60. The zero-order chi connectivity index (χ0) is 17.1. The van der Waals surface area contributed by atoms with Gasteiger partial charge in [-0.3, -0.25) is 4.79 Å². The maximum absolute atomic E-state index is 11.2. The number of aromatic nitrogens is 2. The summed E-state index contributed by atoms with van der Waals surface area (Å²) >= 11 is 0. The zero-order valence-electron chi connectivity index (χ0n) is 14.5. The molecule has 0 bridgehead atoms. The minimum atomic E-state index is 0.0486. The minimum Gasteiger partial charge on any atom is -0.356 e. The number of carbonyl (C=O) groups is 1. The molecule has 1 aliphatic heterocycles. The quantitative estimate of drug-likeness (QED) is 0.943. The first-order valence-corrected chi connectivity index (χ1v) is 8.44. The van der Waals surface area contributed by atoms with Crippen molar-refractivity contribution < 1.29 is 4.79 Å². The Labute approximate surface area is 143 Å². The van der Waals surface area contributed by atoms with Crippen molar-refractivity contribution >= 4 is 11.7 Å². The summed E-state index contributed by atoms with van der Waals surface area (Å²) in [4.78, 5) is 22.3. The van der Waals surface area contributed by atoms with E-state index in [1.54, 1.807) is 13.3 Å². The van der Waals surface area contributed by atoms with Gasteiger partial charge in [-0.25, -0.2) is 9.97 Å². The third-order valence-corrected chi connectivity index (χ3v) is 4.68. The molecule has 5 heteroatoms. The molecule has 5 nitrogen and oxygen atoms in total. The normalized spacial score (nSPS) is 15.4. The lowest BCUT2D eigenvalue weighted by atomic mass is 10.0. The molecule has 1 amide bonds. The number of hydrogen-bond acceptors (Lipinski definition) is 4. The molecule has 1 aromatic heterocycles. The fourth-order valence-corrected chi connectivity index (χ4v) is 3.12. The van der Waals surface area contributed by atoms with Crippen molar-refractivity contribution in [1.82, 2.24) is 15.3 Å². The van der Waals surface area contributed by atoms with Crippen molar-refractivity contribution in [2.45, 2.75) is 39.7 Å². The van der Waals surface area contributed by atoms with Crippen LogP contribution in [0.25, 0.3) is 11.3 Å². The summed E-state index contributed by atoms with van der Waals surface area (Å²) in [5.74, 6) is 1.01. The fraction of sp³-hybridized carbons (Fsp3) is 0.421. The summed E-state index contributed by atoms with van der Waals surface area (Å²) in [5.41, 5.74) is 4.62. The summed E-state index contributed by atoms with van der Waals surface area (Å²) in [6.07, 6.45) is 3.53. The highest BCUT2D eigenvalue weighted by molar-refractivity contribution is 5.73. The van der Waals surface area contributed by atoms with Crippen LogP contribution in [0.5, 0.6) is 0 Å². The van der Waals surface area contributed by atoms with Crippen LogP contribution in [-0.2, 0) is 4.79 Å². The molecule has 0 saturated carbocycles. The van der Waals surface area contributed by atoms with E-state index in [0.717, 1.165) is 43.0 Å². The number of nitrogens with one attached hydrogen (secondary N) is 1. The number of benzene rings is 1. The van der Waals surface area contributed by atoms with Crippen molar-refractivity contribution in [3.8, 4) is 11.3 Å². The third-order valence-electron chi connectivity index (χ3n) is 4.68. The Kier molecular flexibility index (Phi) is 4.79. The van der Waals surface area contributed by atoms with Crippen LogP contribution in [0, 0.1) is 13.8 Å². The van der Waals surface area contributed by atoms with Crippen LogP contribution >= 0.6 is 0 Å². The average molecular weight is 324 g/mol. The van der Waals surface area contributed by atoms with Gasteiger partial charge in [0.2, 0.25) is 5.91 Å². The van der Waals surface area contributed by atoms with E-state index >= 15 is 0 Å². The molecule has 1 aliphatic rings. The Morgan fingerprint density at radius 1 is 1.12 bits per heavy atom. The first-order valence-electron chi connectivity index (χ1n) is 8.44. The lowest BCUT2D eigenvalue weighted by molar-refractivity contribution is -0.119. The first kappa shape index (κ1) is 16.4. The highest BCUT2D eigenvalue weighted by Gasteiger charge is 2.21. The van der Waals surface area contributed by atoms with Gasteiger partial charge in [0.25, 0.3) is 0 Å². The molecule has 0 atom stereocenters. The van der Waals surface area contributed by atoms with Crippen molar-refractivity contribution in [2.75, 3.05) is 18.0 Å². The molecular formula is C19H24N4O. The van der Waals surface area contributed by atoms with Crippen LogP contribution in [0.2, 0.25) is 0 Å². The van der Waals surface area contributed by atoms with Gasteiger partial charge in [0.1, 0.15) is 12.1 Å². The lowest BCUT2D eigenvalue weighted by Crippen LogP contribution is -2.44. The molecule has 0 unspecified atom stereocenters. The molecule has 1 saturated heterocycles. The van der Waals surface area contributed by atoms with Crippen LogP contribution in [-0.4, -0.2) is 35.0 Å². The molecular weight excluding hydrogens is 300 g/mol. The largest absolute Gasteiger partial charge is 0.356 e. The average Bonchev–Trinajstić information content (AvgIpc) is 2.58. The number of amides is 1. The van der Waals surface area contributed by atoms with Crippen molar-refractivity contribution in [1.29, 1.82) is 0 Å². The molecule has 0 radical (unpaired) electrons. The summed E-state index contributed by atoms with van der Waals surface area (Å²) < 4.78 is 0. The number of rotatable bonds is 3. The van der Waals surface area contributed by atoms with Gasteiger partial charge in [0, 0.05) is 37.7 Å². The second kappa shape index (κ2) is 6.99. The number of nitrogens with zero attached hydrogens (tertiary/aromatic N) is 3. The maximum Gasteiger partial charge on any atom is 0.217 e. The van der Waals surface area contributed by atoms with Gasteiger partial charge in [0.05, 0.1) is 5.69 Å². The van der Waals surface area contributed by atoms with Crippen molar-refractivity contribution in [2.24, 2.45) is 0 Å². The van der Waals surface area contributed by atoms with Crippen LogP contribution in [0.15, 0.2) is 30.6 Å². The molecule has 126 valence electrons. The Balaban J connectivity index is 1.74. The first-order chi connectivity index (χ1) is 11.5. The smallest absolute Gasteiger partial charge is 0.217 e. The Hall–Kier alpha value is -2.43. The Bertz CT molecular complexity index is 736. The number of aryl methyl sites for hydroxylation is 2. The lowest BCUT2D eigenvalue weighted by Gasteiger charge is -2.33. The zero-order valence-corrected chi connectivity index (χ0v) is 14.5. The van der Waals surface area contributed by atoms with Gasteiger partial charge < -0.3 is 10.2 Å². The van der Waals surface area contributed by atoms with Crippen molar-refractivity contribution in [3.63, 3.8) is 0 Å². The van der Waals surface area contributed by atoms with E-state index in [0.29, 0.717) is 0 Å². The molecule has 2 aromatic rings. The molecule has 0 aliphatic carbocycles. The summed E-state index contributed by atoms with van der Waals surface area (Å²) in [6, 6.07) is 8.75. The van der Waals surface area contributed by atoms with E-state index in [2.05, 4.69) is 58.3 Å². The van der Waals surface area contributed by atoms with E-state index in [-0.39, 0.29) is 11.9 Å². The van der Waals surface area contributed by atoms with E-state index in [4.69, 9.17) is 0 Å². The van der Waals surface area contributed by atoms with Crippen LogP contribution < -0.4 is 10.2 Å². The second-order valence-electron chi connectivity index (χ2n) is 6.52. The number of carbonyl (C=O) groups excluding carboxylic acids is 1. The van der Waals surface area contributed by atoms with Gasteiger partial charge in [-0.15, -0.1) is 0 Å². The van der Waals surface area contributed by atoms with Gasteiger partial charge in [0.15, 0.2) is 0 Å². The Morgan fingerprint density at radius 3 is 2.54 bits per heavy atom. The van der Waals surface area contributed by atoms with Crippen LogP contribution in [0.1, 0.15) is 30.9 Å². The number of hydrogen-bond donors (Lipinski definition) is 1. The highest BCUT2D eigenvalue weighted by Crippen LogP contribution is 2.24. The molecule has 24 heavy (non-hydrogen) atoms. The Morgan fingerprint density at radius 2 is 1.88 bits per heavy atom. The topological polar surface area (TPSA) is 58.1 Å². The third kappa shape index (κ3) is 3.72. The number of piperidine rings is 1. The van der Waals surface area contributed by atoms with E-state index < -0.39 is 0 Å². The van der Waals surface area contributed by atoms with Crippen LogP contribution in [0.3, 0.4) is 0 Å². The van der Waals surface area contributed by atoms with Gasteiger partial charge in [-0.05, 0) is 43.9 Å². The molecule has 1 aromatic carbocycles. The second-order valence-corrected chi connectivity index (χ2v) is 6.52. The van der Waals surface area contributed by atoms with Gasteiger partial charge in [-0.2, -0.15) is 0 Å². The van der Waals surface area contributed by atoms with Crippen molar-refractivity contribution in [3.05, 3.63) is 41.7 Å². The minimum absolute atomic E-state index is 0.0486. The van der Waals surface area contributed by atoms with Gasteiger partial charge in [-0.1, -0.05) is 12.1 Å². The molecule has 3 rings (SSSR count). The predicted octanol–water partition coefficient (Wildman–Crippen LogP) is 2.87. The standard InChI is InChI=1S/C19H24N4O/c1-13-4-5-16(10-14(13)2)18-11-19(21-12-20-18)23-8-6-17(7-9-23)22-15(3)24/h4-5,10-12,17H,6-9H2,1-3H3,(H,22,24). The van der Waals surface area contributed by atoms with E-state index in [1.165, 1.54) is 11.1 Å². The molecule has 2 heterocycles. The van der Waals surface area contributed by atoms with Gasteiger partial charge >= 0.3 is 0 Å².